The Hall–Kier alpha value is -2.18. The van der Waals surface area contributed by atoms with Crippen LogP contribution >= 0.6 is 0 Å². The van der Waals surface area contributed by atoms with Crippen molar-refractivity contribution in [2.75, 3.05) is 20.7 Å². The summed E-state index contributed by atoms with van der Waals surface area (Å²) < 4.78 is 5.74. The van der Waals surface area contributed by atoms with Gasteiger partial charge in [0, 0.05) is 32.4 Å². The lowest BCUT2D eigenvalue weighted by Crippen LogP contribution is -2.35. The van der Waals surface area contributed by atoms with Crippen LogP contribution in [0.1, 0.15) is 12.8 Å². The molecule has 0 aliphatic heterocycles. The zero-order valence-electron chi connectivity index (χ0n) is 11.0. The van der Waals surface area contributed by atoms with Crippen molar-refractivity contribution in [2.45, 2.75) is 19.4 Å². The van der Waals surface area contributed by atoms with Gasteiger partial charge in [-0.05, 0) is 12.5 Å². The van der Waals surface area contributed by atoms with E-state index in [1.165, 1.54) is 29.0 Å². The van der Waals surface area contributed by atoms with Crippen LogP contribution in [0.5, 0.6) is 0 Å². The molecule has 1 rings (SSSR count). The summed E-state index contributed by atoms with van der Waals surface area (Å²) in [5.41, 5.74) is -0.459. The Morgan fingerprint density at radius 3 is 2.84 bits per heavy atom. The van der Waals surface area contributed by atoms with Gasteiger partial charge in [-0.3, -0.25) is 14.2 Å². The Morgan fingerprint density at radius 2 is 2.21 bits per heavy atom. The van der Waals surface area contributed by atoms with Gasteiger partial charge in [-0.15, -0.1) is 0 Å². The Bertz CT molecular complexity index is 498. The molecule has 7 nitrogen and oxygen atoms in total. The summed E-state index contributed by atoms with van der Waals surface area (Å²) in [6.07, 6.45) is 3.68. The van der Waals surface area contributed by atoms with Crippen molar-refractivity contribution in [2.24, 2.45) is 0 Å². The highest BCUT2D eigenvalue weighted by Gasteiger charge is 2.11. The summed E-state index contributed by atoms with van der Waals surface area (Å²) in [7, 11) is 2.95. The van der Waals surface area contributed by atoms with Crippen LogP contribution in [0.2, 0.25) is 0 Å². The molecule has 0 aliphatic rings. The highest BCUT2D eigenvalue weighted by molar-refractivity contribution is 5.75. The standard InChI is InChI=1S/C12H17N3O4/c1-14(7-3-5-11(17)19-2)10(16)9-15-8-4-6-13-12(15)18/h4,6,8H,3,5,7,9H2,1-2H3. The van der Waals surface area contributed by atoms with Gasteiger partial charge in [-0.2, -0.15) is 0 Å². The molecule has 0 aliphatic carbocycles. The highest BCUT2D eigenvalue weighted by atomic mass is 16.5. The minimum absolute atomic E-state index is 0.0542. The number of nitrogens with zero attached hydrogens (tertiary/aromatic N) is 3. The lowest BCUT2D eigenvalue weighted by molar-refractivity contribution is -0.141. The number of hydrogen-bond acceptors (Lipinski definition) is 5. The summed E-state index contributed by atoms with van der Waals surface area (Å²) in [4.78, 5) is 39.1. The molecule has 0 aromatic carbocycles. The topological polar surface area (TPSA) is 81.5 Å². The van der Waals surface area contributed by atoms with Gasteiger partial charge in [0.15, 0.2) is 0 Å². The molecule has 1 amide bonds. The van der Waals surface area contributed by atoms with E-state index in [0.717, 1.165) is 0 Å². The van der Waals surface area contributed by atoms with Gasteiger partial charge in [0.1, 0.15) is 6.54 Å². The fraction of sp³-hybridized carbons (Fsp3) is 0.500. The maximum atomic E-state index is 11.8. The van der Waals surface area contributed by atoms with Crippen molar-refractivity contribution in [1.82, 2.24) is 14.5 Å². The molecule has 0 saturated heterocycles. The second-order valence-electron chi connectivity index (χ2n) is 4.03. The van der Waals surface area contributed by atoms with Gasteiger partial charge in [0.2, 0.25) is 5.91 Å². The van der Waals surface area contributed by atoms with Crippen LogP contribution in [-0.4, -0.2) is 47.0 Å². The van der Waals surface area contributed by atoms with Crippen molar-refractivity contribution in [1.29, 1.82) is 0 Å². The summed E-state index contributed by atoms with van der Waals surface area (Å²) in [5, 5.41) is 0. The SMILES string of the molecule is COC(=O)CCCN(C)C(=O)Cn1cccnc1=O. The normalized spacial score (nSPS) is 10.0. The third-order valence-electron chi connectivity index (χ3n) is 2.62. The lowest BCUT2D eigenvalue weighted by Gasteiger charge is -2.17. The molecule has 7 heteroatoms. The van der Waals surface area contributed by atoms with Crippen molar-refractivity contribution in [3.63, 3.8) is 0 Å². The maximum Gasteiger partial charge on any atom is 0.347 e. The Balaban J connectivity index is 2.43. The van der Waals surface area contributed by atoms with Crippen LogP contribution in [0, 0.1) is 0 Å². The van der Waals surface area contributed by atoms with E-state index in [4.69, 9.17) is 0 Å². The van der Waals surface area contributed by atoms with E-state index in [0.29, 0.717) is 13.0 Å². The summed E-state index contributed by atoms with van der Waals surface area (Å²) in [6, 6.07) is 1.59. The van der Waals surface area contributed by atoms with Crippen LogP contribution in [0.3, 0.4) is 0 Å². The van der Waals surface area contributed by atoms with E-state index < -0.39 is 5.69 Å². The minimum atomic E-state index is -0.459. The predicted octanol–water partition coefficient (Wildman–Crippen LogP) is -0.345. The number of aromatic nitrogens is 2. The van der Waals surface area contributed by atoms with Crippen LogP contribution in [0.4, 0.5) is 0 Å². The monoisotopic (exact) mass is 267 g/mol. The number of likely N-dealkylation sites (N-methyl/N-ethyl adjacent to an activating group) is 1. The van der Waals surface area contributed by atoms with Crippen molar-refractivity contribution >= 4 is 11.9 Å². The summed E-state index contributed by atoms with van der Waals surface area (Å²) >= 11 is 0. The summed E-state index contributed by atoms with van der Waals surface area (Å²) in [6.45, 7) is 0.379. The molecule has 0 radical (unpaired) electrons. The van der Waals surface area contributed by atoms with Gasteiger partial charge in [-0.25, -0.2) is 9.78 Å². The second-order valence-corrected chi connectivity index (χ2v) is 4.03. The number of rotatable bonds is 6. The van der Waals surface area contributed by atoms with Gasteiger partial charge >= 0.3 is 11.7 Å². The third-order valence-corrected chi connectivity index (χ3v) is 2.62. The molecular formula is C12H17N3O4. The first-order valence-corrected chi connectivity index (χ1v) is 5.87. The highest BCUT2D eigenvalue weighted by Crippen LogP contribution is 1.96. The first-order chi connectivity index (χ1) is 9.04. The molecule has 0 unspecified atom stereocenters. The predicted molar refractivity (Wildman–Crippen MR) is 67.4 cm³/mol. The molecule has 0 N–H and O–H groups in total. The molecule has 104 valence electrons. The third kappa shape index (κ3) is 4.90. The average molecular weight is 267 g/mol. The van der Waals surface area contributed by atoms with E-state index in [9.17, 15) is 14.4 Å². The van der Waals surface area contributed by atoms with E-state index in [1.54, 1.807) is 13.1 Å². The minimum Gasteiger partial charge on any atom is -0.469 e. The molecule has 0 saturated carbocycles. The number of methoxy groups -OCH3 is 1. The van der Waals surface area contributed by atoms with Crippen molar-refractivity contribution in [3.05, 3.63) is 28.9 Å². The van der Waals surface area contributed by atoms with Crippen LogP contribution in [0.25, 0.3) is 0 Å². The van der Waals surface area contributed by atoms with Gasteiger partial charge in [0.05, 0.1) is 7.11 Å². The number of hydrogen-bond donors (Lipinski definition) is 0. The number of esters is 1. The zero-order chi connectivity index (χ0) is 14.3. The Kier molecular flexibility index (Phi) is 5.72. The van der Waals surface area contributed by atoms with Crippen LogP contribution in [0.15, 0.2) is 23.3 Å². The van der Waals surface area contributed by atoms with Gasteiger partial charge in [-0.1, -0.05) is 0 Å². The van der Waals surface area contributed by atoms with E-state index >= 15 is 0 Å². The first kappa shape index (κ1) is 14.9. The van der Waals surface area contributed by atoms with Gasteiger partial charge in [0.25, 0.3) is 0 Å². The molecule has 0 atom stereocenters. The smallest absolute Gasteiger partial charge is 0.347 e. The molecule has 0 spiro atoms. The Labute approximate surface area is 110 Å². The maximum absolute atomic E-state index is 11.8. The van der Waals surface area contributed by atoms with E-state index in [1.807, 2.05) is 0 Å². The fourth-order valence-corrected chi connectivity index (χ4v) is 1.46. The quantitative estimate of drug-likeness (QED) is 0.658. The molecule has 1 heterocycles. The molecule has 1 aromatic heterocycles. The lowest BCUT2D eigenvalue weighted by atomic mass is 10.3. The number of carbonyl (C=O) groups excluding carboxylic acids is 2. The van der Waals surface area contributed by atoms with Crippen LogP contribution < -0.4 is 5.69 Å². The van der Waals surface area contributed by atoms with Crippen LogP contribution in [-0.2, 0) is 20.9 Å². The van der Waals surface area contributed by atoms with E-state index in [-0.39, 0.29) is 24.8 Å². The number of ether oxygens (including phenoxy) is 1. The average Bonchev–Trinajstić information content (AvgIpc) is 2.40. The first-order valence-electron chi connectivity index (χ1n) is 5.87. The largest absolute Gasteiger partial charge is 0.469 e. The summed E-state index contributed by atoms with van der Waals surface area (Å²) in [5.74, 6) is -0.510. The molecule has 1 aromatic rings. The second kappa shape index (κ2) is 7.30. The molecule has 19 heavy (non-hydrogen) atoms. The molecule has 0 fully saturated rings. The zero-order valence-corrected chi connectivity index (χ0v) is 11.0. The van der Waals surface area contributed by atoms with Crippen molar-refractivity contribution in [3.8, 4) is 0 Å². The van der Waals surface area contributed by atoms with Crippen molar-refractivity contribution < 1.29 is 14.3 Å². The van der Waals surface area contributed by atoms with Gasteiger partial charge < -0.3 is 9.64 Å². The molecular weight excluding hydrogens is 250 g/mol. The number of amides is 1. The number of carbonyl (C=O) groups is 2. The molecule has 0 bridgehead atoms. The van der Waals surface area contributed by atoms with E-state index in [2.05, 4.69) is 9.72 Å². The Morgan fingerprint density at radius 1 is 1.47 bits per heavy atom. The fourth-order valence-electron chi connectivity index (χ4n) is 1.46.